The highest BCUT2D eigenvalue weighted by molar-refractivity contribution is 7.14. The summed E-state index contributed by atoms with van der Waals surface area (Å²) in [6, 6.07) is 22.4. The Morgan fingerprint density at radius 2 is 1.74 bits per heavy atom. The molecule has 0 saturated heterocycles. The van der Waals surface area contributed by atoms with Crippen molar-refractivity contribution in [3.63, 3.8) is 0 Å². The number of aromatic nitrogens is 1. The number of hydrogen-bond acceptors (Lipinski definition) is 3. The molecular formula is C19H13ClN2S. The van der Waals surface area contributed by atoms with Crippen molar-refractivity contribution in [3.8, 4) is 11.3 Å². The van der Waals surface area contributed by atoms with Crippen LogP contribution in [0.15, 0.2) is 72.1 Å². The summed E-state index contributed by atoms with van der Waals surface area (Å²) >= 11 is 7.60. The molecule has 0 aliphatic heterocycles. The lowest BCUT2D eigenvalue weighted by Crippen LogP contribution is -1.89. The van der Waals surface area contributed by atoms with Gasteiger partial charge in [-0.3, -0.25) is 0 Å². The second-order valence-corrected chi connectivity index (χ2v) is 6.53. The maximum absolute atomic E-state index is 6.01. The van der Waals surface area contributed by atoms with Crippen LogP contribution < -0.4 is 5.32 Å². The lowest BCUT2D eigenvalue weighted by atomic mass is 10.1. The Labute approximate surface area is 143 Å². The van der Waals surface area contributed by atoms with E-state index in [1.807, 2.05) is 24.3 Å². The molecule has 23 heavy (non-hydrogen) atoms. The standard InChI is InChI=1S/C19H13ClN2S/c20-16-6-3-7-17(11-16)21-19-22-18(12-23-19)15-9-8-13-4-1-2-5-14(13)10-15/h1-12H,(H,21,22). The molecule has 4 rings (SSSR count). The molecule has 2 nitrogen and oxygen atoms in total. The Hall–Kier alpha value is -2.36. The number of halogens is 1. The third kappa shape index (κ3) is 3.07. The van der Waals surface area contributed by atoms with Gasteiger partial charge in [-0.15, -0.1) is 11.3 Å². The van der Waals surface area contributed by atoms with Gasteiger partial charge in [0.15, 0.2) is 5.13 Å². The minimum atomic E-state index is 0.710. The Morgan fingerprint density at radius 3 is 2.61 bits per heavy atom. The second-order valence-electron chi connectivity index (χ2n) is 5.24. The van der Waals surface area contributed by atoms with E-state index in [4.69, 9.17) is 11.6 Å². The summed E-state index contributed by atoms with van der Waals surface area (Å²) in [7, 11) is 0. The normalized spacial score (nSPS) is 10.8. The van der Waals surface area contributed by atoms with Gasteiger partial charge in [-0.05, 0) is 35.0 Å². The number of nitrogens with zero attached hydrogens (tertiary/aromatic N) is 1. The molecule has 112 valence electrons. The molecular weight excluding hydrogens is 324 g/mol. The van der Waals surface area contributed by atoms with Gasteiger partial charge in [0, 0.05) is 21.7 Å². The van der Waals surface area contributed by atoms with Gasteiger partial charge in [0.05, 0.1) is 5.69 Å². The summed E-state index contributed by atoms with van der Waals surface area (Å²) in [5, 5.41) is 9.39. The third-order valence-electron chi connectivity index (χ3n) is 3.63. The first-order valence-corrected chi connectivity index (χ1v) is 8.51. The molecule has 0 fully saturated rings. The number of rotatable bonds is 3. The van der Waals surface area contributed by atoms with Crippen LogP contribution in [0.4, 0.5) is 10.8 Å². The van der Waals surface area contributed by atoms with Crippen molar-refractivity contribution >= 4 is 44.5 Å². The predicted molar refractivity (Wildman–Crippen MR) is 99.8 cm³/mol. The molecule has 0 radical (unpaired) electrons. The quantitative estimate of drug-likeness (QED) is 0.470. The van der Waals surface area contributed by atoms with E-state index in [1.165, 1.54) is 10.8 Å². The van der Waals surface area contributed by atoms with E-state index in [9.17, 15) is 0 Å². The van der Waals surface area contributed by atoms with Gasteiger partial charge in [-0.1, -0.05) is 54.1 Å². The molecule has 4 heteroatoms. The molecule has 3 aromatic carbocycles. The summed E-state index contributed by atoms with van der Waals surface area (Å²) in [5.74, 6) is 0. The smallest absolute Gasteiger partial charge is 0.187 e. The van der Waals surface area contributed by atoms with Gasteiger partial charge in [0.2, 0.25) is 0 Å². The van der Waals surface area contributed by atoms with Crippen molar-refractivity contribution in [1.82, 2.24) is 4.98 Å². The van der Waals surface area contributed by atoms with Crippen LogP contribution in [0.3, 0.4) is 0 Å². The molecule has 0 spiro atoms. The highest BCUT2D eigenvalue weighted by atomic mass is 35.5. The molecule has 0 aliphatic carbocycles. The first-order chi connectivity index (χ1) is 11.3. The van der Waals surface area contributed by atoms with Gasteiger partial charge >= 0.3 is 0 Å². The second kappa shape index (κ2) is 6.03. The van der Waals surface area contributed by atoms with Crippen molar-refractivity contribution in [1.29, 1.82) is 0 Å². The number of anilines is 2. The van der Waals surface area contributed by atoms with Gasteiger partial charge in [-0.25, -0.2) is 4.98 Å². The highest BCUT2D eigenvalue weighted by Gasteiger charge is 2.06. The van der Waals surface area contributed by atoms with Gasteiger partial charge < -0.3 is 5.32 Å². The maximum atomic E-state index is 6.01. The zero-order valence-electron chi connectivity index (χ0n) is 12.2. The number of fused-ring (bicyclic) bond motifs is 1. The molecule has 0 aliphatic rings. The fourth-order valence-electron chi connectivity index (χ4n) is 2.50. The van der Waals surface area contributed by atoms with Crippen molar-refractivity contribution in [3.05, 3.63) is 77.1 Å². The Balaban J connectivity index is 1.63. The zero-order chi connectivity index (χ0) is 15.6. The summed E-state index contributed by atoms with van der Waals surface area (Å²) in [5.41, 5.74) is 3.04. The van der Waals surface area contributed by atoms with Crippen LogP contribution in [0.25, 0.3) is 22.0 Å². The van der Waals surface area contributed by atoms with E-state index in [0.29, 0.717) is 5.02 Å². The van der Waals surface area contributed by atoms with Crippen LogP contribution >= 0.6 is 22.9 Å². The van der Waals surface area contributed by atoms with E-state index < -0.39 is 0 Å². The summed E-state index contributed by atoms with van der Waals surface area (Å²) < 4.78 is 0. The summed E-state index contributed by atoms with van der Waals surface area (Å²) in [6.07, 6.45) is 0. The van der Waals surface area contributed by atoms with Crippen molar-refractivity contribution in [2.45, 2.75) is 0 Å². The van der Waals surface area contributed by atoms with Crippen LogP contribution in [0, 0.1) is 0 Å². The molecule has 0 atom stereocenters. The number of benzene rings is 3. The Kier molecular flexibility index (Phi) is 3.74. The molecule has 0 saturated carbocycles. The van der Waals surface area contributed by atoms with Gasteiger partial charge in [0.25, 0.3) is 0 Å². The van der Waals surface area contributed by atoms with E-state index in [0.717, 1.165) is 22.1 Å². The lowest BCUT2D eigenvalue weighted by Gasteiger charge is -2.03. The molecule has 1 N–H and O–H groups in total. The maximum Gasteiger partial charge on any atom is 0.187 e. The molecule has 1 aromatic heterocycles. The van der Waals surface area contributed by atoms with Gasteiger partial charge in [-0.2, -0.15) is 0 Å². The van der Waals surface area contributed by atoms with E-state index >= 15 is 0 Å². The van der Waals surface area contributed by atoms with Crippen molar-refractivity contribution < 1.29 is 0 Å². The number of hydrogen-bond donors (Lipinski definition) is 1. The Bertz CT molecular complexity index is 978. The largest absolute Gasteiger partial charge is 0.331 e. The van der Waals surface area contributed by atoms with Crippen molar-refractivity contribution in [2.75, 3.05) is 5.32 Å². The average molecular weight is 337 g/mol. The number of thiazole rings is 1. The SMILES string of the molecule is Clc1cccc(Nc2nc(-c3ccc4ccccc4c3)cs2)c1. The Morgan fingerprint density at radius 1 is 0.870 bits per heavy atom. The van der Waals surface area contributed by atoms with Crippen LogP contribution in [0.5, 0.6) is 0 Å². The molecule has 4 aromatic rings. The predicted octanol–water partition coefficient (Wildman–Crippen LogP) is 6.36. The monoisotopic (exact) mass is 336 g/mol. The van der Waals surface area contributed by atoms with E-state index in [1.54, 1.807) is 11.3 Å². The van der Waals surface area contributed by atoms with Crippen LogP contribution in [-0.4, -0.2) is 4.98 Å². The topological polar surface area (TPSA) is 24.9 Å². The van der Waals surface area contributed by atoms with Crippen LogP contribution in [0.1, 0.15) is 0 Å². The molecule has 0 amide bonds. The fraction of sp³-hybridized carbons (Fsp3) is 0. The lowest BCUT2D eigenvalue weighted by molar-refractivity contribution is 1.39. The van der Waals surface area contributed by atoms with Crippen molar-refractivity contribution in [2.24, 2.45) is 0 Å². The van der Waals surface area contributed by atoms with Crippen LogP contribution in [-0.2, 0) is 0 Å². The van der Waals surface area contributed by atoms with E-state index in [-0.39, 0.29) is 0 Å². The average Bonchev–Trinajstić information content (AvgIpc) is 3.03. The highest BCUT2D eigenvalue weighted by Crippen LogP contribution is 2.29. The minimum absolute atomic E-state index is 0.710. The minimum Gasteiger partial charge on any atom is -0.331 e. The summed E-state index contributed by atoms with van der Waals surface area (Å²) in [6.45, 7) is 0. The first-order valence-electron chi connectivity index (χ1n) is 7.25. The zero-order valence-corrected chi connectivity index (χ0v) is 13.7. The van der Waals surface area contributed by atoms with Gasteiger partial charge in [0.1, 0.15) is 0 Å². The van der Waals surface area contributed by atoms with E-state index in [2.05, 4.69) is 58.1 Å². The molecule has 0 unspecified atom stereocenters. The fourth-order valence-corrected chi connectivity index (χ4v) is 3.43. The number of nitrogens with one attached hydrogen (secondary N) is 1. The molecule has 1 heterocycles. The first kappa shape index (κ1) is 14.2. The molecule has 0 bridgehead atoms. The third-order valence-corrected chi connectivity index (χ3v) is 4.62. The van der Waals surface area contributed by atoms with Crippen LogP contribution in [0.2, 0.25) is 5.02 Å². The summed E-state index contributed by atoms with van der Waals surface area (Å²) in [4.78, 5) is 4.68.